The summed E-state index contributed by atoms with van der Waals surface area (Å²) < 4.78 is 15.3. The summed E-state index contributed by atoms with van der Waals surface area (Å²) in [5.41, 5.74) is 2.04. The molecule has 8 nitrogen and oxygen atoms in total. The summed E-state index contributed by atoms with van der Waals surface area (Å²) in [5.74, 6) is 0.830. The van der Waals surface area contributed by atoms with Gasteiger partial charge in [-0.15, -0.1) is 0 Å². The van der Waals surface area contributed by atoms with Crippen molar-refractivity contribution in [3.05, 3.63) is 48.0 Å². The van der Waals surface area contributed by atoms with E-state index in [1.807, 2.05) is 18.2 Å². The summed E-state index contributed by atoms with van der Waals surface area (Å²) in [6.45, 7) is 2.45. The Balaban J connectivity index is 1.61. The van der Waals surface area contributed by atoms with Gasteiger partial charge in [0.2, 0.25) is 0 Å². The lowest BCUT2D eigenvalue weighted by atomic mass is 10.1. The van der Waals surface area contributed by atoms with E-state index in [0.717, 1.165) is 5.69 Å². The summed E-state index contributed by atoms with van der Waals surface area (Å²) in [7, 11) is 4.49. The van der Waals surface area contributed by atoms with Crippen LogP contribution in [-0.4, -0.2) is 64.4 Å². The van der Waals surface area contributed by atoms with Gasteiger partial charge in [-0.1, -0.05) is 6.07 Å². The number of ether oxygens (including phenoxy) is 3. The number of carbonyl (C=O) groups excluding carboxylic acids is 2. The molecule has 8 heteroatoms. The smallest absolute Gasteiger partial charge is 0.337 e. The van der Waals surface area contributed by atoms with Crippen molar-refractivity contribution >= 4 is 23.4 Å². The van der Waals surface area contributed by atoms with Gasteiger partial charge in [-0.25, -0.2) is 9.59 Å². The first-order valence-electron chi connectivity index (χ1n) is 9.27. The van der Waals surface area contributed by atoms with E-state index in [9.17, 15) is 9.59 Å². The molecule has 0 unspecified atom stereocenters. The number of piperazine rings is 1. The molecule has 0 bridgehead atoms. The minimum absolute atomic E-state index is 0.184. The lowest BCUT2D eigenvalue weighted by Crippen LogP contribution is -2.50. The molecule has 1 saturated heterocycles. The Hall–Kier alpha value is -3.42. The fraction of sp³-hybridized carbons (Fsp3) is 0.333. The molecule has 0 saturated carbocycles. The molecule has 1 aliphatic rings. The van der Waals surface area contributed by atoms with Crippen molar-refractivity contribution in [2.24, 2.45) is 0 Å². The largest absolute Gasteiger partial charge is 0.497 e. The molecule has 1 heterocycles. The van der Waals surface area contributed by atoms with Crippen LogP contribution in [0.15, 0.2) is 42.5 Å². The third kappa shape index (κ3) is 4.71. The summed E-state index contributed by atoms with van der Waals surface area (Å²) in [6, 6.07) is 12.4. The monoisotopic (exact) mass is 399 g/mol. The highest BCUT2D eigenvalue weighted by molar-refractivity contribution is 5.92. The summed E-state index contributed by atoms with van der Waals surface area (Å²) in [6.07, 6.45) is 0. The van der Waals surface area contributed by atoms with Gasteiger partial charge in [0.25, 0.3) is 0 Å². The van der Waals surface area contributed by atoms with Crippen molar-refractivity contribution in [1.82, 2.24) is 4.90 Å². The summed E-state index contributed by atoms with van der Waals surface area (Å²) in [4.78, 5) is 28.3. The van der Waals surface area contributed by atoms with Crippen LogP contribution in [0.2, 0.25) is 0 Å². The van der Waals surface area contributed by atoms with Crippen molar-refractivity contribution in [3.8, 4) is 11.5 Å². The number of carbonyl (C=O) groups is 2. The Morgan fingerprint density at radius 3 is 2.34 bits per heavy atom. The molecular weight excluding hydrogens is 374 g/mol. The molecule has 2 aromatic carbocycles. The van der Waals surface area contributed by atoms with Gasteiger partial charge in [0, 0.05) is 37.9 Å². The standard InChI is InChI=1S/C21H25N3O5/c1-27-17-7-8-18(19(14-17)28-2)22-21(26)24-11-9-23(10-12-24)16-6-4-5-15(13-16)20(25)29-3/h4-8,13-14H,9-12H2,1-3H3,(H,22,26). The zero-order valence-electron chi connectivity index (χ0n) is 16.8. The molecular formula is C21H25N3O5. The van der Waals surface area contributed by atoms with Gasteiger partial charge in [-0.2, -0.15) is 0 Å². The Kier molecular flexibility index (Phi) is 6.43. The molecule has 1 fully saturated rings. The number of benzene rings is 2. The average molecular weight is 399 g/mol. The molecule has 0 aliphatic carbocycles. The van der Waals surface area contributed by atoms with Gasteiger partial charge < -0.3 is 29.3 Å². The SMILES string of the molecule is COC(=O)c1cccc(N2CCN(C(=O)Nc3ccc(OC)cc3OC)CC2)c1. The Morgan fingerprint density at radius 1 is 0.931 bits per heavy atom. The van der Waals surface area contributed by atoms with E-state index in [1.54, 1.807) is 43.4 Å². The molecule has 0 spiro atoms. The van der Waals surface area contributed by atoms with E-state index in [1.165, 1.54) is 7.11 Å². The van der Waals surface area contributed by atoms with E-state index in [-0.39, 0.29) is 12.0 Å². The van der Waals surface area contributed by atoms with Crippen LogP contribution in [-0.2, 0) is 4.74 Å². The molecule has 0 atom stereocenters. The second kappa shape index (κ2) is 9.18. The van der Waals surface area contributed by atoms with Crippen LogP contribution < -0.4 is 19.7 Å². The van der Waals surface area contributed by atoms with Gasteiger partial charge in [-0.3, -0.25) is 0 Å². The fourth-order valence-electron chi connectivity index (χ4n) is 3.21. The maximum Gasteiger partial charge on any atom is 0.337 e. The van der Waals surface area contributed by atoms with E-state index in [2.05, 4.69) is 10.2 Å². The average Bonchev–Trinajstić information content (AvgIpc) is 2.78. The molecule has 2 amide bonds. The van der Waals surface area contributed by atoms with Crippen LogP contribution in [0.25, 0.3) is 0 Å². The Labute approximate surface area is 170 Å². The van der Waals surface area contributed by atoms with Crippen molar-refractivity contribution in [3.63, 3.8) is 0 Å². The minimum atomic E-state index is -0.363. The maximum absolute atomic E-state index is 12.7. The molecule has 0 aromatic heterocycles. The zero-order chi connectivity index (χ0) is 20.8. The van der Waals surface area contributed by atoms with Crippen LogP contribution in [0.3, 0.4) is 0 Å². The number of hydrogen-bond acceptors (Lipinski definition) is 6. The first-order valence-corrected chi connectivity index (χ1v) is 9.27. The molecule has 1 N–H and O–H groups in total. The third-order valence-corrected chi connectivity index (χ3v) is 4.85. The number of nitrogens with one attached hydrogen (secondary N) is 1. The quantitative estimate of drug-likeness (QED) is 0.779. The number of nitrogens with zero attached hydrogens (tertiary/aromatic N) is 2. The van der Waals surface area contributed by atoms with Crippen molar-refractivity contribution < 1.29 is 23.8 Å². The first kappa shape index (κ1) is 20.3. The van der Waals surface area contributed by atoms with Crippen molar-refractivity contribution in [1.29, 1.82) is 0 Å². The second-order valence-electron chi connectivity index (χ2n) is 6.51. The van der Waals surface area contributed by atoms with Gasteiger partial charge in [-0.05, 0) is 30.3 Å². The first-order chi connectivity index (χ1) is 14.0. The number of urea groups is 1. The molecule has 3 rings (SSSR count). The van der Waals surface area contributed by atoms with Crippen LogP contribution in [0.5, 0.6) is 11.5 Å². The van der Waals surface area contributed by atoms with Gasteiger partial charge in [0.1, 0.15) is 11.5 Å². The number of anilines is 2. The number of methoxy groups -OCH3 is 3. The van der Waals surface area contributed by atoms with E-state index < -0.39 is 0 Å². The maximum atomic E-state index is 12.7. The molecule has 154 valence electrons. The van der Waals surface area contributed by atoms with Crippen molar-refractivity contribution in [2.75, 3.05) is 57.7 Å². The van der Waals surface area contributed by atoms with E-state index in [0.29, 0.717) is 48.9 Å². The summed E-state index contributed by atoms with van der Waals surface area (Å²) >= 11 is 0. The minimum Gasteiger partial charge on any atom is -0.497 e. The number of amides is 2. The molecule has 29 heavy (non-hydrogen) atoms. The lowest BCUT2D eigenvalue weighted by Gasteiger charge is -2.36. The van der Waals surface area contributed by atoms with E-state index in [4.69, 9.17) is 14.2 Å². The summed E-state index contributed by atoms with van der Waals surface area (Å²) in [5, 5.41) is 2.90. The number of hydrogen-bond donors (Lipinski definition) is 1. The van der Waals surface area contributed by atoms with Crippen LogP contribution in [0.4, 0.5) is 16.2 Å². The predicted molar refractivity (Wildman–Crippen MR) is 110 cm³/mol. The van der Waals surface area contributed by atoms with Crippen LogP contribution in [0.1, 0.15) is 10.4 Å². The van der Waals surface area contributed by atoms with Gasteiger partial charge in [0.15, 0.2) is 0 Å². The zero-order valence-corrected chi connectivity index (χ0v) is 16.8. The van der Waals surface area contributed by atoms with Gasteiger partial charge in [0.05, 0.1) is 32.6 Å². The molecule has 1 aliphatic heterocycles. The van der Waals surface area contributed by atoms with Crippen LogP contribution >= 0.6 is 0 Å². The fourth-order valence-corrected chi connectivity index (χ4v) is 3.21. The second-order valence-corrected chi connectivity index (χ2v) is 6.51. The van der Waals surface area contributed by atoms with Crippen LogP contribution in [0, 0.1) is 0 Å². The Bertz CT molecular complexity index is 878. The molecule has 0 radical (unpaired) electrons. The predicted octanol–water partition coefficient (Wildman–Crippen LogP) is 2.84. The number of esters is 1. The lowest BCUT2D eigenvalue weighted by molar-refractivity contribution is 0.0600. The topological polar surface area (TPSA) is 80.3 Å². The van der Waals surface area contributed by atoms with E-state index >= 15 is 0 Å². The highest BCUT2D eigenvalue weighted by Crippen LogP contribution is 2.29. The molecule has 2 aromatic rings. The highest BCUT2D eigenvalue weighted by atomic mass is 16.5. The Morgan fingerprint density at radius 2 is 1.69 bits per heavy atom. The van der Waals surface area contributed by atoms with Gasteiger partial charge >= 0.3 is 12.0 Å². The third-order valence-electron chi connectivity index (χ3n) is 4.85. The van der Waals surface area contributed by atoms with Crippen molar-refractivity contribution in [2.45, 2.75) is 0 Å². The normalized spacial score (nSPS) is 13.6. The number of rotatable bonds is 5. The highest BCUT2D eigenvalue weighted by Gasteiger charge is 2.22.